The van der Waals surface area contributed by atoms with Gasteiger partial charge in [0.15, 0.2) is 16.6 Å². The zero-order valence-corrected chi connectivity index (χ0v) is 19.6. The number of fused-ring (bicyclic) bond motifs is 1. The third-order valence-electron chi connectivity index (χ3n) is 5.92. The molecular formula is C23H24FN7O2S. The lowest BCUT2D eigenvalue weighted by atomic mass is 10.2. The van der Waals surface area contributed by atoms with Crippen LogP contribution < -0.4 is 15.1 Å². The van der Waals surface area contributed by atoms with E-state index in [0.29, 0.717) is 6.54 Å². The Morgan fingerprint density at radius 1 is 1.26 bits per heavy atom. The number of rotatable bonds is 6. The lowest BCUT2D eigenvalue weighted by Gasteiger charge is -2.19. The Labute approximate surface area is 199 Å². The maximum absolute atomic E-state index is 13.3. The van der Waals surface area contributed by atoms with Crippen molar-refractivity contribution in [3.8, 4) is 11.3 Å². The summed E-state index contributed by atoms with van der Waals surface area (Å²) in [5, 5.41) is 19.1. The summed E-state index contributed by atoms with van der Waals surface area (Å²) in [7, 11) is 1.94. The minimum Gasteiger partial charge on any atom is -0.465 e. The molecule has 5 rings (SSSR count). The van der Waals surface area contributed by atoms with Crippen LogP contribution in [0.15, 0.2) is 41.8 Å². The second kappa shape index (κ2) is 8.90. The predicted octanol–water partition coefficient (Wildman–Crippen LogP) is 4.17. The second-order valence-electron chi connectivity index (χ2n) is 8.16. The Balaban J connectivity index is 1.47. The van der Waals surface area contributed by atoms with Crippen molar-refractivity contribution in [3.05, 3.63) is 53.3 Å². The Morgan fingerprint density at radius 2 is 2.06 bits per heavy atom. The molecule has 1 fully saturated rings. The molecule has 0 saturated carbocycles. The monoisotopic (exact) mass is 481 g/mol. The molecule has 1 saturated heterocycles. The predicted molar refractivity (Wildman–Crippen MR) is 130 cm³/mol. The molecule has 0 bridgehead atoms. The van der Waals surface area contributed by atoms with Gasteiger partial charge in [-0.25, -0.2) is 19.2 Å². The molecule has 0 radical (unpaired) electrons. The number of aromatic nitrogens is 4. The average Bonchev–Trinajstić information content (AvgIpc) is 3.56. The summed E-state index contributed by atoms with van der Waals surface area (Å²) in [5.41, 5.74) is 3.27. The fraction of sp³-hybridized carbons (Fsp3) is 0.304. The SMILES string of the molecule is CCc1nc2ccc(N3CCC(NC(=O)O)C3)nn2c1N(C)c1nc(-c2ccc(F)cc2)cs1. The summed E-state index contributed by atoms with van der Waals surface area (Å²) in [4.78, 5) is 24.6. The number of halogens is 1. The number of carbonyl (C=O) groups is 1. The van der Waals surface area contributed by atoms with Crippen molar-refractivity contribution in [1.29, 1.82) is 0 Å². The van der Waals surface area contributed by atoms with Gasteiger partial charge in [-0.05, 0) is 49.2 Å². The van der Waals surface area contributed by atoms with Crippen LogP contribution in [0.5, 0.6) is 0 Å². The molecule has 4 heterocycles. The average molecular weight is 482 g/mol. The number of nitrogens with zero attached hydrogens (tertiary/aromatic N) is 6. The molecule has 0 aliphatic carbocycles. The number of hydrogen-bond donors (Lipinski definition) is 2. The van der Waals surface area contributed by atoms with Gasteiger partial charge in [0.2, 0.25) is 0 Å². The third-order valence-corrected chi connectivity index (χ3v) is 6.84. The Morgan fingerprint density at radius 3 is 2.79 bits per heavy atom. The number of aryl methyl sites for hydroxylation is 1. The van der Waals surface area contributed by atoms with Crippen LogP contribution >= 0.6 is 11.3 Å². The fourth-order valence-electron chi connectivity index (χ4n) is 4.22. The van der Waals surface area contributed by atoms with Gasteiger partial charge < -0.3 is 20.2 Å². The first kappa shape index (κ1) is 22.1. The van der Waals surface area contributed by atoms with Crippen LogP contribution in [0.3, 0.4) is 0 Å². The highest BCUT2D eigenvalue weighted by Crippen LogP contribution is 2.34. The van der Waals surface area contributed by atoms with Crippen LogP contribution in [0.1, 0.15) is 19.0 Å². The van der Waals surface area contributed by atoms with Crippen molar-refractivity contribution in [1.82, 2.24) is 24.9 Å². The van der Waals surface area contributed by atoms with Crippen LogP contribution in [0.4, 0.5) is 26.0 Å². The third kappa shape index (κ3) is 4.14. The minimum absolute atomic E-state index is 0.119. The van der Waals surface area contributed by atoms with E-state index in [0.717, 1.165) is 58.8 Å². The number of carboxylic acid groups (broad SMARTS) is 1. The summed E-state index contributed by atoms with van der Waals surface area (Å²) < 4.78 is 15.1. The first-order valence-electron chi connectivity index (χ1n) is 11.0. The molecular weight excluding hydrogens is 457 g/mol. The molecule has 1 aliphatic rings. The lowest BCUT2D eigenvalue weighted by molar-refractivity contribution is 0.191. The van der Waals surface area contributed by atoms with Gasteiger partial charge in [0, 0.05) is 31.1 Å². The van der Waals surface area contributed by atoms with E-state index in [2.05, 4.69) is 17.1 Å². The summed E-state index contributed by atoms with van der Waals surface area (Å²) in [6.07, 6.45) is 0.446. The van der Waals surface area contributed by atoms with E-state index in [9.17, 15) is 9.18 Å². The van der Waals surface area contributed by atoms with E-state index < -0.39 is 6.09 Å². The largest absolute Gasteiger partial charge is 0.465 e. The molecule has 1 atom stereocenters. The number of amides is 1. The fourth-order valence-corrected chi connectivity index (χ4v) is 5.02. The number of nitrogens with one attached hydrogen (secondary N) is 1. The number of imidazole rings is 1. The number of thiazole rings is 1. The Bertz CT molecular complexity index is 1340. The Kier molecular flexibility index (Phi) is 5.78. The molecule has 1 unspecified atom stereocenters. The first-order chi connectivity index (χ1) is 16.4. The van der Waals surface area contributed by atoms with Gasteiger partial charge in [0.1, 0.15) is 11.6 Å². The van der Waals surface area contributed by atoms with E-state index in [1.165, 1.54) is 23.5 Å². The second-order valence-corrected chi connectivity index (χ2v) is 9.00. The molecule has 1 aliphatic heterocycles. The van der Waals surface area contributed by atoms with E-state index in [1.807, 2.05) is 34.0 Å². The van der Waals surface area contributed by atoms with Crippen LogP contribution in [-0.4, -0.2) is 57.0 Å². The molecule has 9 nitrogen and oxygen atoms in total. The van der Waals surface area contributed by atoms with Crippen LogP contribution in [0.2, 0.25) is 0 Å². The summed E-state index contributed by atoms with van der Waals surface area (Å²) in [6, 6.07) is 10.0. The van der Waals surface area contributed by atoms with Gasteiger partial charge in [-0.2, -0.15) is 4.52 Å². The topological polar surface area (TPSA) is 98.9 Å². The summed E-state index contributed by atoms with van der Waals surface area (Å²) in [6.45, 7) is 3.34. The van der Waals surface area contributed by atoms with Gasteiger partial charge in [0.05, 0.1) is 17.4 Å². The molecule has 1 amide bonds. The standard InChI is InChI=1S/C23H24FN7O2S/c1-3-17-21(29(2)22-27-18(13-34-22)14-4-6-15(24)7-5-14)31-19(26-17)8-9-20(28-31)30-11-10-16(12-30)25-23(32)33/h4-9,13,16,25H,3,10-12H2,1-2H3,(H,32,33). The molecule has 0 spiro atoms. The van der Waals surface area contributed by atoms with Crippen molar-refractivity contribution in [2.24, 2.45) is 0 Å². The van der Waals surface area contributed by atoms with Crippen LogP contribution in [-0.2, 0) is 6.42 Å². The van der Waals surface area contributed by atoms with E-state index in [4.69, 9.17) is 20.2 Å². The van der Waals surface area contributed by atoms with Crippen LogP contribution in [0, 0.1) is 5.82 Å². The van der Waals surface area contributed by atoms with E-state index >= 15 is 0 Å². The molecule has 11 heteroatoms. The highest BCUT2D eigenvalue weighted by Gasteiger charge is 2.26. The maximum atomic E-state index is 13.3. The highest BCUT2D eigenvalue weighted by atomic mass is 32.1. The zero-order valence-electron chi connectivity index (χ0n) is 18.8. The first-order valence-corrected chi connectivity index (χ1v) is 11.9. The molecule has 34 heavy (non-hydrogen) atoms. The minimum atomic E-state index is -1.01. The molecule has 3 aromatic heterocycles. The normalized spacial score (nSPS) is 15.7. The van der Waals surface area contributed by atoms with E-state index in [-0.39, 0.29) is 11.9 Å². The van der Waals surface area contributed by atoms with Gasteiger partial charge in [-0.3, -0.25) is 0 Å². The van der Waals surface area contributed by atoms with E-state index in [1.54, 1.807) is 12.1 Å². The summed E-state index contributed by atoms with van der Waals surface area (Å²) >= 11 is 1.50. The number of hydrogen-bond acceptors (Lipinski definition) is 7. The van der Waals surface area contributed by atoms with Crippen molar-refractivity contribution in [2.75, 3.05) is 29.9 Å². The highest BCUT2D eigenvalue weighted by molar-refractivity contribution is 7.14. The molecule has 2 N–H and O–H groups in total. The Hall–Kier alpha value is -3.73. The van der Waals surface area contributed by atoms with Crippen molar-refractivity contribution < 1.29 is 14.3 Å². The summed E-state index contributed by atoms with van der Waals surface area (Å²) in [5.74, 6) is 1.32. The number of anilines is 3. The van der Waals surface area contributed by atoms with Crippen molar-refractivity contribution in [2.45, 2.75) is 25.8 Å². The van der Waals surface area contributed by atoms with Crippen molar-refractivity contribution >= 4 is 39.8 Å². The smallest absolute Gasteiger partial charge is 0.404 e. The molecule has 4 aromatic rings. The van der Waals surface area contributed by atoms with Crippen molar-refractivity contribution in [3.63, 3.8) is 0 Å². The lowest BCUT2D eigenvalue weighted by Crippen LogP contribution is -2.36. The molecule has 1 aromatic carbocycles. The quantitative estimate of drug-likeness (QED) is 0.426. The van der Waals surface area contributed by atoms with Gasteiger partial charge in [0.25, 0.3) is 0 Å². The zero-order chi connectivity index (χ0) is 23.8. The van der Waals surface area contributed by atoms with Gasteiger partial charge in [-0.1, -0.05) is 6.92 Å². The molecule has 176 valence electrons. The van der Waals surface area contributed by atoms with Gasteiger partial charge >= 0.3 is 6.09 Å². The van der Waals surface area contributed by atoms with Gasteiger partial charge in [-0.15, -0.1) is 16.4 Å². The number of benzene rings is 1. The maximum Gasteiger partial charge on any atom is 0.404 e. The van der Waals surface area contributed by atoms with Crippen LogP contribution in [0.25, 0.3) is 16.9 Å².